The summed E-state index contributed by atoms with van der Waals surface area (Å²) in [6.45, 7) is 1.28. The number of fused-ring (bicyclic) bond motifs is 1. The Balaban J connectivity index is 2.37. The van der Waals surface area contributed by atoms with Crippen LogP contribution in [0.2, 0.25) is 0 Å². The summed E-state index contributed by atoms with van der Waals surface area (Å²) in [7, 11) is 0. The van der Waals surface area contributed by atoms with Crippen LogP contribution in [0.1, 0.15) is 5.82 Å². The zero-order valence-corrected chi connectivity index (χ0v) is 5.40. The third kappa shape index (κ3) is 0.775. The molecule has 0 atom stereocenters. The summed E-state index contributed by atoms with van der Waals surface area (Å²) < 4.78 is 6.88. The van der Waals surface area contributed by atoms with Crippen molar-refractivity contribution in [2.75, 3.05) is 0 Å². The van der Waals surface area contributed by atoms with E-state index < -0.39 is 0 Å². The number of aromatic nitrogens is 3. The molecule has 0 bridgehead atoms. The zero-order chi connectivity index (χ0) is 6.81. The van der Waals surface area contributed by atoms with Crippen molar-refractivity contribution in [3.05, 3.63) is 24.5 Å². The summed E-state index contributed by atoms with van der Waals surface area (Å²) in [6.07, 6.45) is 5.12. The average Bonchev–Trinajstić information content (AvgIpc) is 2.28. The molecule has 0 aliphatic carbocycles. The van der Waals surface area contributed by atoms with Crippen molar-refractivity contribution in [1.29, 1.82) is 0 Å². The third-order valence-corrected chi connectivity index (χ3v) is 1.38. The Hall–Kier alpha value is -1.32. The van der Waals surface area contributed by atoms with E-state index in [-0.39, 0.29) is 0 Å². The lowest BCUT2D eigenvalue weighted by Gasteiger charge is -1.96. The lowest BCUT2D eigenvalue weighted by molar-refractivity contribution is 0.229. The van der Waals surface area contributed by atoms with Crippen LogP contribution in [0.5, 0.6) is 0 Å². The number of allylic oxidation sites excluding steroid dienone is 1. The second kappa shape index (κ2) is 2.13. The second-order valence-electron chi connectivity index (χ2n) is 2.04. The van der Waals surface area contributed by atoms with Crippen LogP contribution in [-0.4, -0.2) is 14.8 Å². The SMILES string of the molecule is C1=COCc2ncnn2C1. The molecule has 0 saturated heterocycles. The second-order valence-corrected chi connectivity index (χ2v) is 2.04. The fraction of sp³-hybridized carbons (Fsp3) is 0.333. The summed E-state index contributed by atoms with van der Waals surface area (Å²) in [4.78, 5) is 4.00. The van der Waals surface area contributed by atoms with Crippen LogP contribution in [0.3, 0.4) is 0 Å². The first-order chi connectivity index (χ1) is 4.97. The van der Waals surface area contributed by atoms with E-state index in [0.29, 0.717) is 6.61 Å². The predicted octanol–water partition coefficient (Wildman–Crippen LogP) is 0.322. The largest absolute Gasteiger partial charge is 0.493 e. The molecule has 1 aliphatic rings. The van der Waals surface area contributed by atoms with Crippen molar-refractivity contribution in [3.8, 4) is 0 Å². The summed E-state index contributed by atoms with van der Waals surface area (Å²) in [5, 5.41) is 3.99. The molecule has 0 amide bonds. The Morgan fingerprint density at radius 2 is 2.60 bits per heavy atom. The van der Waals surface area contributed by atoms with Crippen molar-refractivity contribution in [2.45, 2.75) is 13.2 Å². The number of hydrogen-bond acceptors (Lipinski definition) is 3. The normalized spacial score (nSPS) is 15.6. The van der Waals surface area contributed by atoms with Crippen LogP contribution in [0.4, 0.5) is 0 Å². The molecule has 0 unspecified atom stereocenters. The highest BCUT2D eigenvalue weighted by Crippen LogP contribution is 2.01. The van der Waals surface area contributed by atoms with Crippen molar-refractivity contribution in [2.24, 2.45) is 0 Å². The quantitative estimate of drug-likeness (QED) is 0.517. The van der Waals surface area contributed by atoms with Gasteiger partial charge in [-0.3, -0.25) is 0 Å². The van der Waals surface area contributed by atoms with E-state index in [1.807, 2.05) is 10.8 Å². The Morgan fingerprint density at radius 3 is 3.60 bits per heavy atom. The standard InChI is InChI=1S/C6H7N3O/c1-2-9-6(4-10-3-1)7-5-8-9/h1,3,5H,2,4H2. The first-order valence-corrected chi connectivity index (χ1v) is 3.10. The lowest BCUT2D eigenvalue weighted by Crippen LogP contribution is -2.01. The van der Waals surface area contributed by atoms with Gasteiger partial charge in [-0.15, -0.1) is 0 Å². The van der Waals surface area contributed by atoms with E-state index in [2.05, 4.69) is 10.1 Å². The van der Waals surface area contributed by atoms with Gasteiger partial charge < -0.3 is 4.74 Å². The van der Waals surface area contributed by atoms with Gasteiger partial charge in [-0.2, -0.15) is 5.10 Å². The smallest absolute Gasteiger partial charge is 0.165 e. The molecule has 52 valence electrons. The zero-order valence-electron chi connectivity index (χ0n) is 5.40. The van der Waals surface area contributed by atoms with Crippen molar-refractivity contribution in [1.82, 2.24) is 14.8 Å². The maximum Gasteiger partial charge on any atom is 0.165 e. The molecule has 4 heteroatoms. The van der Waals surface area contributed by atoms with Crippen LogP contribution >= 0.6 is 0 Å². The highest BCUT2D eigenvalue weighted by Gasteiger charge is 2.03. The molecule has 1 aromatic heterocycles. The number of rotatable bonds is 0. The van der Waals surface area contributed by atoms with E-state index >= 15 is 0 Å². The van der Waals surface area contributed by atoms with Gasteiger partial charge in [0, 0.05) is 0 Å². The predicted molar refractivity (Wildman–Crippen MR) is 34.0 cm³/mol. The summed E-state index contributed by atoms with van der Waals surface area (Å²) >= 11 is 0. The maximum atomic E-state index is 5.08. The van der Waals surface area contributed by atoms with Crippen LogP contribution < -0.4 is 0 Å². The van der Waals surface area contributed by atoms with Crippen molar-refractivity contribution in [3.63, 3.8) is 0 Å². The molecule has 0 aromatic carbocycles. The van der Waals surface area contributed by atoms with Crippen LogP contribution in [0, 0.1) is 0 Å². The molecule has 0 spiro atoms. The van der Waals surface area contributed by atoms with Gasteiger partial charge in [-0.05, 0) is 6.08 Å². The van der Waals surface area contributed by atoms with Crippen molar-refractivity contribution < 1.29 is 4.74 Å². The van der Waals surface area contributed by atoms with Crippen LogP contribution in [0.25, 0.3) is 0 Å². The minimum Gasteiger partial charge on any atom is -0.493 e. The van der Waals surface area contributed by atoms with Gasteiger partial charge in [-0.25, -0.2) is 9.67 Å². The third-order valence-electron chi connectivity index (χ3n) is 1.38. The van der Waals surface area contributed by atoms with Gasteiger partial charge in [0.1, 0.15) is 12.9 Å². The van der Waals surface area contributed by atoms with E-state index in [0.717, 1.165) is 12.4 Å². The monoisotopic (exact) mass is 137 g/mol. The Labute approximate surface area is 58.1 Å². The van der Waals surface area contributed by atoms with Crippen LogP contribution in [0.15, 0.2) is 18.7 Å². The van der Waals surface area contributed by atoms with Gasteiger partial charge in [0.15, 0.2) is 5.82 Å². The molecule has 2 rings (SSSR count). The Bertz CT molecular complexity index is 253. The molecule has 10 heavy (non-hydrogen) atoms. The van der Waals surface area contributed by atoms with Gasteiger partial charge in [0.25, 0.3) is 0 Å². The molecule has 0 fully saturated rings. The van der Waals surface area contributed by atoms with Crippen LogP contribution in [-0.2, 0) is 17.9 Å². The fourth-order valence-electron chi connectivity index (χ4n) is 0.886. The average molecular weight is 137 g/mol. The number of nitrogens with zero attached hydrogens (tertiary/aromatic N) is 3. The van der Waals surface area contributed by atoms with E-state index in [1.54, 1.807) is 6.26 Å². The van der Waals surface area contributed by atoms with Gasteiger partial charge in [-0.1, -0.05) is 0 Å². The summed E-state index contributed by atoms with van der Waals surface area (Å²) in [5.41, 5.74) is 0. The lowest BCUT2D eigenvalue weighted by atomic mass is 10.6. The molecule has 4 nitrogen and oxygen atoms in total. The number of ether oxygens (including phenoxy) is 1. The molecule has 0 saturated carbocycles. The Kier molecular flexibility index (Phi) is 1.16. The molecular formula is C6H7N3O. The van der Waals surface area contributed by atoms with E-state index in [1.165, 1.54) is 6.33 Å². The molecule has 1 aliphatic heterocycles. The molecule has 0 N–H and O–H groups in total. The molecule has 0 radical (unpaired) electrons. The van der Waals surface area contributed by atoms with Gasteiger partial charge in [0.2, 0.25) is 0 Å². The first-order valence-electron chi connectivity index (χ1n) is 3.10. The summed E-state index contributed by atoms with van der Waals surface area (Å²) in [5.74, 6) is 0.880. The Morgan fingerprint density at radius 1 is 1.60 bits per heavy atom. The van der Waals surface area contributed by atoms with Crippen molar-refractivity contribution >= 4 is 0 Å². The van der Waals surface area contributed by atoms with Gasteiger partial charge in [0.05, 0.1) is 12.8 Å². The minimum atomic E-state index is 0.524. The molecular weight excluding hydrogens is 130 g/mol. The van der Waals surface area contributed by atoms with E-state index in [9.17, 15) is 0 Å². The topological polar surface area (TPSA) is 39.9 Å². The highest BCUT2D eigenvalue weighted by atomic mass is 16.5. The molecule has 2 heterocycles. The molecule has 1 aromatic rings. The van der Waals surface area contributed by atoms with E-state index in [4.69, 9.17) is 4.74 Å². The summed E-state index contributed by atoms with van der Waals surface area (Å²) in [6, 6.07) is 0. The maximum absolute atomic E-state index is 5.08. The highest BCUT2D eigenvalue weighted by molar-refractivity contribution is 4.89. The fourth-order valence-corrected chi connectivity index (χ4v) is 0.886. The first kappa shape index (κ1) is 5.46. The minimum absolute atomic E-state index is 0.524. The number of hydrogen-bond donors (Lipinski definition) is 0. The van der Waals surface area contributed by atoms with Gasteiger partial charge >= 0.3 is 0 Å².